The molecule has 25 heavy (non-hydrogen) atoms. The molecule has 0 aliphatic carbocycles. The number of thioether (sulfide) groups is 1. The van der Waals surface area contributed by atoms with Crippen LogP contribution in [0, 0.1) is 0 Å². The second-order valence-corrected chi connectivity index (χ2v) is 6.39. The van der Waals surface area contributed by atoms with Crippen LogP contribution in [0.3, 0.4) is 0 Å². The van der Waals surface area contributed by atoms with Crippen LogP contribution in [0.1, 0.15) is 10.4 Å². The van der Waals surface area contributed by atoms with Crippen LogP contribution >= 0.6 is 35.0 Å². The number of benzene rings is 1. The summed E-state index contributed by atoms with van der Waals surface area (Å²) >= 11 is 12.1. The fraction of sp³-hybridized carbons (Fsp3) is 0.133. The number of hydrogen-bond acceptors (Lipinski definition) is 4. The van der Waals surface area contributed by atoms with Crippen LogP contribution < -0.4 is 10.6 Å². The van der Waals surface area contributed by atoms with Crippen molar-refractivity contribution >= 4 is 58.3 Å². The van der Waals surface area contributed by atoms with Crippen LogP contribution in [-0.2, 0) is 4.79 Å². The minimum Gasteiger partial charge on any atom is -0.322 e. The normalized spacial score (nSPS) is 10.6. The number of pyridine rings is 1. The van der Waals surface area contributed by atoms with E-state index in [-0.39, 0.29) is 33.2 Å². The molecule has 0 spiro atoms. The van der Waals surface area contributed by atoms with Crippen molar-refractivity contribution in [1.29, 1.82) is 0 Å². The summed E-state index contributed by atoms with van der Waals surface area (Å²) < 4.78 is 24.1. The van der Waals surface area contributed by atoms with Gasteiger partial charge in [0.15, 0.2) is 0 Å². The maximum Gasteiger partial charge on any atom is 0.285 e. The van der Waals surface area contributed by atoms with Crippen LogP contribution in [0.2, 0.25) is 10.0 Å². The standard InChI is InChI=1S/C15H11Cl2F2N3O2S/c16-9-2-1-3-10(17)13(9)14(24)21-8-4-5-20-11(6-8)22-12(23)7-25-15(18)19/h1-6,15H,7H2,(H2,20,21,22,23,24). The molecule has 0 saturated heterocycles. The maximum absolute atomic E-state index is 12.3. The second kappa shape index (κ2) is 8.98. The third-order valence-corrected chi connectivity index (χ3v) is 4.13. The molecule has 0 fully saturated rings. The van der Waals surface area contributed by atoms with E-state index in [0.717, 1.165) is 0 Å². The first-order valence-corrected chi connectivity index (χ1v) is 8.58. The number of nitrogens with one attached hydrogen (secondary N) is 2. The minimum absolute atomic E-state index is 0.113. The number of nitrogens with zero attached hydrogens (tertiary/aromatic N) is 1. The van der Waals surface area contributed by atoms with E-state index in [2.05, 4.69) is 15.6 Å². The van der Waals surface area contributed by atoms with Gasteiger partial charge in [-0.3, -0.25) is 9.59 Å². The zero-order valence-corrected chi connectivity index (χ0v) is 14.8. The summed E-state index contributed by atoms with van der Waals surface area (Å²) in [7, 11) is 0. The van der Waals surface area contributed by atoms with Crippen molar-refractivity contribution in [3.63, 3.8) is 0 Å². The van der Waals surface area contributed by atoms with Gasteiger partial charge in [0, 0.05) is 18.0 Å². The molecular weight excluding hydrogens is 395 g/mol. The van der Waals surface area contributed by atoms with Crippen molar-refractivity contribution in [3.8, 4) is 0 Å². The molecule has 0 aliphatic heterocycles. The summed E-state index contributed by atoms with van der Waals surface area (Å²) in [5.74, 6) is -4.10. The summed E-state index contributed by atoms with van der Waals surface area (Å²) in [6, 6.07) is 7.54. The number of anilines is 2. The number of alkyl halides is 2. The Morgan fingerprint density at radius 1 is 1.16 bits per heavy atom. The number of rotatable bonds is 6. The fourth-order valence-electron chi connectivity index (χ4n) is 1.80. The largest absolute Gasteiger partial charge is 0.322 e. The van der Waals surface area contributed by atoms with Gasteiger partial charge in [-0.1, -0.05) is 41.0 Å². The topological polar surface area (TPSA) is 71.1 Å². The molecule has 5 nitrogen and oxygen atoms in total. The molecule has 1 heterocycles. The lowest BCUT2D eigenvalue weighted by atomic mass is 10.2. The Morgan fingerprint density at radius 2 is 1.84 bits per heavy atom. The molecule has 132 valence electrons. The highest BCUT2D eigenvalue weighted by Gasteiger charge is 2.15. The van der Waals surface area contributed by atoms with Crippen molar-refractivity contribution in [3.05, 3.63) is 52.1 Å². The van der Waals surface area contributed by atoms with Crippen molar-refractivity contribution in [2.45, 2.75) is 5.76 Å². The monoisotopic (exact) mass is 405 g/mol. The minimum atomic E-state index is -2.63. The van der Waals surface area contributed by atoms with E-state index in [9.17, 15) is 18.4 Å². The first-order valence-electron chi connectivity index (χ1n) is 6.78. The van der Waals surface area contributed by atoms with E-state index in [1.165, 1.54) is 30.5 Å². The molecule has 0 saturated carbocycles. The smallest absolute Gasteiger partial charge is 0.285 e. The van der Waals surface area contributed by atoms with Gasteiger partial charge < -0.3 is 10.6 Å². The summed E-state index contributed by atoms with van der Waals surface area (Å²) in [6.45, 7) is 0. The van der Waals surface area contributed by atoms with Gasteiger partial charge in [0.25, 0.3) is 11.7 Å². The summed E-state index contributed by atoms with van der Waals surface area (Å²) in [5.41, 5.74) is 0.439. The third kappa shape index (κ3) is 5.84. The highest BCUT2D eigenvalue weighted by Crippen LogP contribution is 2.25. The predicted molar refractivity (Wildman–Crippen MR) is 95.7 cm³/mol. The molecule has 0 unspecified atom stereocenters. The van der Waals surface area contributed by atoms with Crippen molar-refractivity contribution < 1.29 is 18.4 Å². The average Bonchev–Trinajstić information content (AvgIpc) is 2.53. The van der Waals surface area contributed by atoms with E-state index in [0.29, 0.717) is 5.69 Å². The Morgan fingerprint density at radius 3 is 2.48 bits per heavy atom. The van der Waals surface area contributed by atoms with Crippen molar-refractivity contribution in [2.75, 3.05) is 16.4 Å². The lowest BCUT2D eigenvalue weighted by Crippen LogP contribution is -2.17. The van der Waals surface area contributed by atoms with Crippen molar-refractivity contribution in [1.82, 2.24) is 4.98 Å². The zero-order valence-electron chi connectivity index (χ0n) is 12.4. The molecule has 0 bridgehead atoms. The van der Waals surface area contributed by atoms with E-state index in [4.69, 9.17) is 23.2 Å². The van der Waals surface area contributed by atoms with Gasteiger partial charge in [-0.05, 0) is 18.2 Å². The zero-order chi connectivity index (χ0) is 18.4. The molecule has 2 amide bonds. The highest BCUT2D eigenvalue weighted by molar-refractivity contribution is 8.00. The summed E-state index contributed by atoms with van der Waals surface area (Å²) in [4.78, 5) is 27.7. The van der Waals surface area contributed by atoms with Crippen LogP contribution in [-0.4, -0.2) is 28.3 Å². The highest BCUT2D eigenvalue weighted by atomic mass is 35.5. The Labute approximate surface area is 156 Å². The number of carbonyl (C=O) groups excluding carboxylic acids is 2. The number of hydrogen-bond donors (Lipinski definition) is 2. The van der Waals surface area contributed by atoms with E-state index in [1.54, 1.807) is 6.07 Å². The van der Waals surface area contributed by atoms with Gasteiger partial charge in [-0.15, -0.1) is 0 Å². The van der Waals surface area contributed by atoms with Gasteiger partial charge in [0.1, 0.15) is 5.82 Å². The molecule has 1 aromatic carbocycles. The van der Waals surface area contributed by atoms with Crippen LogP contribution in [0.25, 0.3) is 0 Å². The van der Waals surface area contributed by atoms with Gasteiger partial charge >= 0.3 is 0 Å². The van der Waals surface area contributed by atoms with Gasteiger partial charge in [-0.25, -0.2) is 4.98 Å². The summed E-state index contributed by atoms with van der Waals surface area (Å²) in [6.07, 6.45) is 1.35. The molecule has 0 radical (unpaired) electrons. The number of amides is 2. The Bertz CT molecular complexity index is 773. The van der Waals surface area contributed by atoms with Crippen LogP contribution in [0.4, 0.5) is 20.3 Å². The number of halogens is 4. The quantitative estimate of drug-likeness (QED) is 0.739. The van der Waals surface area contributed by atoms with Gasteiger partial charge in [-0.2, -0.15) is 8.78 Å². The first kappa shape index (κ1) is 19.4. The Balaban J connectivity index is 2.06. The van der Waals surface area contributed by atoms with E-state index >= 15 is 0 Å². The summed E-state index contributed by atoms with van der Waals surface area (Å²) in [5, 5.41) is 5.33. The predicted octanol–water partition coefficient (Wildman–Crippen LogP) is 4.54. The van der Waals surface area contributed by atoms with Gasteiger partial charge in [0.2, 0.25) is 5.91 Å². The molecule has 10 heteroatoms. The Kier molecular flexibility index (Phi) is 6.98. The number of aromatic nitrogens is 1. The lowest BCUT2D eigenvalue weighted by Gasteiger charge is -2.10. The molecule has 2 aromatic rings. The first-order chi connectivity index (χ1) is 11.9. The fourth-order valence-corrected chi connectivity index (χ4v) is 2.72. The van der Waals surface area contributed by atoms with Crippen molar-refractivity contribution in [2.24, 2.45) is 0 Å². The Hall–Kier alpha value is -1.90. The van der Waals surface area contributed by atoms with E-state index in [1.807, 2.05) is 0 Å². The van der Waals surface area contributed by atoms with Crippen LogP contribution in [0.15, 0.2) is 36.5 Å². The lowest BCUT2D eigenvalue weighted by molar-refractivity contribution is -0.113. The van der Waals surface area contributed by atoms with Crippen LogP contribution in [0.5, 0.6) is 0 Å². The molecule has 2 rings (SSSR count). The second-order valence-electron chi connectivity index (χ2n) is 4.60. The third-order valence-electron chi connectivity index (χ3n) is 2.82. The average molecular weight is 406 g/mol. The number of carbonyl (C=O) groups is 2. The SMILES string of the molecule is O=C(CSC(F)F)Nc1cc(NC(=O)c2c(Cl)cccc2Cl)ccn1. The molecular formula is C15H11Cl2F2N3O2S. The maximum atomic E-state index is 12.3. The van der Waals surface area contributed by atoms with E-state index < -0.39 is 23.3 Å². The molecule has 0 atom stereocenters. The molecule has 2 N–H and O–H groups in total. The van der Waals surface area contributed by atoms with Gasteiger partial charge in [0.05, 0.1) is 21.4 Å². The molecule has 1 aromatic heterocycles. The molecule has 0 aliphatic rings.